The minimum absolute atomic E-state index is 0.286. The van der Waals surface area contributed by atoms with E-state index in [1.807, 2.05) is 67.6 Å². The lowest BCUT2D eigenvalue weighted by Crippen LogP contribution is -1.98. The van der Waals surface area contributed by atoms with E-state index in [4.69, 9.17) is 14.5 Å². The van der Waals surface area contributed by atoms with E-state index in [9.17, 15) is 0 Å². The number of ether oxygens (including phenoxy) is 2. The Balaban J connectivity index is 1.48. The number of hydrogen-bond acceptors (Lipinski definition) is 7. The first-order valence-electron chi connectivity index (χ1n) is 10.0. The molecule has 0 bridgehead atoms. The van der Waals surface area contributed by atoms with E-state index < -0.39 is 0 Å². The summed E-state index contributed by atoms with van der Waals surface area (Å²) in [4.78, 5) is 22.7. The van der Waals surface area contributed by atoms with Crippen LogP contribution in [0.25, 0.3) is 33.8 Å². The summed E-state index contributed by atoms with van der Waals surface area (Å²) in [6.07, 6.45) is 3.45. The average molecular weight is 421 g/mol. The van der Waals surface area contributed by atoms with Gasteiger partial charge in [-0.2, -0.15) is 0 Å². The first-order chi connectivity index (χ1) is 15.7. The molecule has 0 N–H and O–H groups in total. The zero-order valence-corrected chi connectivity index (χ0v) is 17.6. The molecule has 5 aromatic rings. The molecule has 0 amide bonds. The number of pyridine rings is 3. The number of aryl methyl sites for hydroxylation is 1. The number of rotatable bonds is 5. The molecule has 7 heteroatoms. The third-order valence-electron chi connectivity index (χ3n) is 4.84. The van der Waals surface area contributed by atoms with Gasteiger partial charge in [-0.1, -0.05) is 18.2 Å². The van der Waals surface area contributed by atoms with Gasteiger partial charge in [-0.3, -0.25) is 9.97 Å². The Labute approximate surface area is 184 Å². The van der Waals surface area contributed by atoms with Crippen LogP contribution >= 0.6 is 0 Å². The molecule has 0 spiro atoms. The van der Waals surface area contributed by atoms with Gasteiger partial charge in [0, 0.05) is 18.5 Å². The maximum Gasteiger partial charge on any atom is 0.284 e. The number of para-hydroxylation sites is 2. The maximum absolute atomic E-state index is 6.02. The Hall–Kier alpha value is -4.39. The number of aromatic nitrogens is 5. The lowest BCUT2D eigenvalue weighted by molar-refractivity contribution is 0.357. The van der Waals surface area contributed by atoms with Crippen molar-refractivity contribution >= 4 is 11.0 Å². The molecule has 32 heavy (non-hydrogen) atoms. The molecule has 0 aliphatic carbocycles. The monoisotopic (exact) mass is 421 g/mol. The Bertz CT molecular complexity index is 1420. The summed E-state index contributed by atoms with van der Waals surface area (Å²) in [5.41, 5.74) is 5.56. The van der Waals surface area contributed by atoms with E-state index in [0.29, 0.717) is 23.0 Å². The molecule has 0 aliphatic heterocycles. The summed E-state index contributed by atoms with van der Waals surface area (Å²) in [6.45, 7) is 2.03. The first kappa shape index (κ1) is 19.6. The molecule has 4 heterocycles. The number of nitrogens with zero attached hydrogens (tertiary/aromatic N) is 5. The van der Waals surface area contributed by atoms with Crippen LogP contribution in [0, 0.1) is 6.92 Å². The fourth-order valence-corrected chi connectivity index (χ4v) is 3.29. The summed E-state index contributed by atoms with van der Waals surface area (Å²) >= 11 is 0. The van der Waals surface area contributed by atoms with Gasteiger partial charge >= 0.3 is 0 Å². The molecule has 0 aliphatic rings. The highest BCUT2D eigenvalue weighted by atomic mass is 16.5. The fraction of sp³-hybridized carbons (Fsp3) is 0.0800. The van der Waals surface area contributed by atoms with Gasteiger partial charge in [0.25, 0.3) is 11.8 Å². The van der Waals surface area contributed by atoms with E-state index in [2.05, 4.69) is 19.9 Å². The first-order valence-corrected chi connectivity index (χ1v) is 10.0. The van der Waals surface area contributed by atoms with Crippen LogP contribution in [0.4, 0.5) is 0 Å². The molecule has 0 unspecified atom stereocenters. The normalized spacial score (nSPS) is 10.8. The predicted molar refractivity (Wildman–Crippen MR) is 122 cm³/mol. The van der Waals surface area contributed by atoms with Crippen LogP contribution in [0.2, 0.25) is 0 Å². The number of methoxy groups -OCH3 is 1. The third kappa shape index (κ3) is 3.96. The summed E-state index contributed by atoms with van der Waals surface area (Å²) in [7, 11) is 1.54. The summed E-state index contributed by atoms with van der Waals surface area (Å²) in [5.74, 6) is 1.15. The van der Waals surface area contributed by atoms with Gasteiger partial charge in [0.05, 0.1) is 40.9 Å². The summed E-state index contributed by atoms with van der Waals surface area (Å²) in [5, 5.41) is 0. The van der Waals surface area contributed by atoms with Crippen molar-refractivity contribution in [2.45, 2.75) is 6.92 Å². The Kier molecular flexibility index (Phi) is 5.13. The van der Waals surface area contributed by atoms with Crippen LogP contribution in [0.3, 0.4) is 0 Å². The standard InChI is InChI=1S/C25H19N5O2/c1-16-10-12-26-22(14-16)20-8-5-9-21(28-20)23-15-17(11-13-27-23)32-25-24(31-2)29-18-6-3-4-7-19(18)30-25/h3-15H,1-2H3. The molecule has 4 aromatic heterocycles. The van der Waals surface area contributed by atoms with Crippen molar-refractivity contribution in [2.75, 3.05) is 7.11 Å². The van der Waals surface area contributed by atoms with Gasteiger partial charge in [-0.25, -0.2) is 15.0 Å². The largest absolute Gasteiger partial charge is 0.477 e. The van der Waals surface area contributed by atoms with E-state index in [1.165, 1.54) is 0 Å². The zero-order chi connectivity index (χ0) is 21.9. The van der Waals surface area contributed by atoms with Crippen molar-refractivity contribution < 1.29 is 9.47 Å². The average Bonchev–Trinajstić information content (AvgIpc) is 2.84. The second kappa shape index (κ2) is 8.39. The zero-order valence-electron chi connectivity index (χ0n) is 17.6. The molecular formula is C25H19N5O2. The van der Waals surface area contributed by atoms with E-state index in [0.717, 1.165) is 28.0 Å². The molecule has 7 nitrogen and oxygen atoms in total. The predicted octanol–water partition coefficient (Wildman–Crippen LogP) is 5.26. The van der Waals surface area contributed by atoms with Crippen LogP contribution in [0.1, 0.15) is 5.56 Å². The van der Waals surface area contributed by atoms with E-state index >= 15 is 0 Å². The van der Waals surface area contributed by atoms with Gasteiger partial charge in [0.1, 0.15) is 5.75 Å². The lowest BCUT2D eigenvalue weighted by Gasteiger charge is -2.10. The third-order valence-corrected chi connectivity index (χ3v) is 4.84. The van der Waals surface area contributed by atoms with Gasteiger partial charge in [0.15, 0.2) is 0 Å². The number of fused-ring (bicyclic) bond motifs is 1. The molecular weight excluding hydrogens is 402 g/mol. The molecule has 5 rings (SSSR count). The van der Waals surface area contributed by atoms with Gasteiger partial charge in [0.2, 0.25) is 0 Å². The van der Waals surface area contributed by atoms with Crippen LogP contribution < -0.4 is 9.47 Å². The summed E-state index contributed by atoms with van der Waals surface area (Å²) in [6, 6.07) is 20.9. The second-order valence-corrected chi connectivity index (χ2v) is 7.13. The van der Waals surface area contributed by atoms with Crippen LogP contribution in [-0.4, -0.2) is 32.0 Å². The van der Waals surface area contributed by atoms with Crippen LogP contribution in [0.15, 0.2) is 79.1 Å². The van der Waals surface area contributed by atoms with Gasteiger partial charge in [-0.15, -0.1) is 0 Å². The molecule has 0 fully saturated rings. The Morgan fingerprint density at radius 3 is 1.97 bits per heavy atom. The van der Waals surface area contributed by atoms with Gasteiger partial charge < -0.3 is 9.47 Å². The molecule has 0 radical (unpaired) electrons. The highest BCUT2D eigenvalue weighted by molar-refractivity contribution is 5.75. The lowest BCUT2D eigenvalue weighted by atomic mass is 10.1. The minimum atomic E-state index is 0.286. The molecule has 0 saturated carbocycles. The van der Waals surface area contributed by atoms with Crippen molar-refractivity contribution in [3.05, 3.63) is 84.7 Å². The Morgan fingerprint density at radius 2 is 1.28 bits per heavy atom. The Morgan fingerprint density at radius 1 is 0.625 bits per heavy atom. The summed E-state index contributed by atoms with van der Waals surface area (Å²) < 4.78 is 11.4. The fourth-order valence-electron chi connectivity index (χ4n) is 3.29. The maximum atomic E-state index is 6.02. The van der Waals surface area contributed by atoms with E-state index in [-0.39, 0.29) is 5.88 Å². The highest BCUT2D eigenvalue weighted by Crippen LogP contribution is 2.31. The van der Waals surface area contributed by atoms with Crippen molar-refractivity contribution in [3.8, 4) is 40.3 Å². The molecule has 0 atom stereocenters. The number of hydrogen-bond donors (Lipinski definition) is 0. The second-order valence-electron chi connectivity index (χ2n) is 7.13. The molecule has 1 aromatic carbocycles. The van der Waals surface area contributed by atoms with Crippen molar-refractivity contribution in [3.63, 3.8) is 0 Å². The van der Waals surface area contributed by atoms with Gasteiger partial charge in [-0.05, 0) is 55.0 Å². The quantitative estimate of drug-likeness (QED) is 0.383. The number of benzene rings is 1. The van der Waals surface area contributed by atoms with Crippen molar-refractivity contribution in [1.82, 2.24) is 24.9 Å². The molecule has 0 saturated heterocycles. The van der Waals surface area contributed by atoms with E-state index in [1.54, 1.807) is 25.6 Å². The highest BCUT2D eigenvalue weighted by Gasteiger charge is 2.13. The van der Waals surface area contributed by atoms with Crippen molar-refractivity contribution in [2.24, 2.45) is 0 Å². The smallest absolute Gasteiger partial charge is 0.284 e. The molecule has 156 valence electrons. The van der Waals surface area contributed by atoms with Crippen molar-refractivity contribution in [1.29, 1.82) is 0 Å². The van der Waals surface area contributed by atoms with Crippen LogP contribution in [0.5, 0.6) is 17.5 Å². The SMILES string of the molecule is COc1nc2ccccc2nc1Oc1ccnc(-c2cccc(-c3cc(C)ccn3)n2)c1. The minimum Gasteiger partial charge on any atom is -0.477 e. The topological polar surface area (TPSA) is 82.9 Å². The van der Waals surface area contributed by atoms with Crippen LogP contribution in [-0.2, 0) is 0 Å².